The third-order valence-corrected chi connectivity index (χ3v) is 7.46. The number of hydrogen-bond acceptors (Lipinski definition) is 1. The minimum atomic E-state index is -0.810. The van der Waals surface area contributed by atoms with Crippen LogP contribution in [0.25, 0.3) is 0 Å². The maximum absolute atomic E-state index is 13.3. The van der Waals surface area contributed by atoms with Crippen molar-refractivity contribution in [3.8, 4) is 0 Å². The van der Waals surface area contributed by atoms with Crippen molar-refractivity contribution in [1.29, 1.82) is 0 Å². The number of primary amides is 1. The third-order valence-electron chi connectivity index (χ3n) is 7.46. The zero-order chi connectivity index (χ0) is 22.6. The second-order valence-corrected chi connectivity index (χ2v) is 9.22. The Kier molecular flexibility index (Phi) is 8.52. The Morgan fingerprint density at radius 2 is 1.64 bits per heavy atom. The molecule has 1 amide bonds. The smallest absolute Gasteiger partial charge is 0.253 e. The predicted molar refractivity (Wildman–Crippen MR) is 128 cm³/mol. The Morgan fingerprint density at radius 3 is 2.18 bits per heavy atom. The summed E-state index contributed by atoms with van der Waals surface area (Å²) in [6.45, 7) is 5.53. The van der Waals surface area contributed by atoms with E-state index in [9.17, 15) is 4.79 Å². The fraction of sp³-hybridized carbons (Fsp3) is 0.429. The van der Waals surface area contributed by atoms with Crippen LogP contribution in [-0.2, 0) is 16.8 Å². The molecule has 2 N–H and O–H groups in total. The summed E-state index contributed by atoms with van der Waals surface area (Å²) in [5.74, 6) is 1.21. The zero-order valence-corrected chi connectivity index (χ0v) is 21.4. The van der Waals surface area contributed by atoms with Gasteiger partial charge in [0.15, 0.2) is 0 Å². The van der Waals surface area contributed by atoms with E-state index < -0.39 is 5.41 Å². The number of amides is 1. The topological polar surface area (TPSA) is 51.9 Å². The van der Waals surface area contributed by atoms with E-state index in [2.05, 4.69) is 59.6 Å². The molecule has 1 aliphatic rings. The van der Waals surface area contributed by atoms with Crippen LogP contribution in [0.4, 0.5) is 0 Å². The first-order valence-electron chi connectivity index (χ1n) is 12.1. The highest BCUT2D eigenvalue weighted by Crippen LogP contribution is 2.49. The number of nitrogens with two attached hydrogens (primary N) is 1. The number of nitrogens with zero attached hydrogens (tertiary/aromatic N) is 2. The Bertz CT molecular complexity index is 992. The molecule has 4 rings (SSSR count). The van der Waals surface area contributed by atoms with Crippen LogP contribution in [0.15, 0.2) is 73.1 Å². The number of rotatable bonds is 9. The largest absolute Gasteiger partial charge is 1.00 e. The summed E-state index contributed by atoms with van der Waals surface area (Å²) >= 11 is 0. The van der Waals surface area contributed by atoms with Crippen LogP contribution in [-0.4, -0.2) is 10.5 Å². The van der Waals surface area contributed by atoms with Crippen LogP contribution in [0, 0.1) is 12.8 Å². The van der Waals surface area contributed by atoms with Crippen LogP contribution in [0.5, 0.6) is 0 Å². The quantitative estimate of drug-likeness (QED) is 0.348. The Morgan fingerprint density at radius 1 is 1.03 bits per heavy atom. The molecule has 176 valence electrons. The molecule has 33 heavy (non-hydrogen) atoms. The first-order chi connectivity index (χ1) is 15.6. The van der Waals surface area contributed by atoms with Gasteiger partial charge in [0.05, 0.1) is 6.54 Å². The number of aryl methyl sites for hydroxylation is 1. The zero-order valence-electron chi connectivity index (χ0n) is 19.8. The molecule has 3 aromatic rings. The predicted octanol–water partition coefficient (Wildman–Crippen LogP) is 2.09. The molecule has 2 atom stereocenters. The molecule has 1 heterocycles. The van der Waals surface area contributed by atoms with E-state index in [-0.39, 0.29) is 28.8 Å². The van der Waals surface area contributed by atoms with Crippen molar-refractivity contribution in [2.24, 2.45) is 11.7 Å². The summed E-state index contributed by atoms with van der Waals surface area (Å²) in [6.07, 6.45) is 11.1. The average molecular weight is 511 g/mol. The molecule has 4 nitrogen and oxygen atoms in total. The van der Waals surface area contributed by atoms with Gasteiger partial charge in [-0.25, -0.2) is 9.13 Å². The van der Waals surface area contributed by atoms with Crippen molar-refractivity contribution in [3.05, 3.63) is 90.0 Å². The Hall–Kier alpha value is -2.40. The molecule has 0 spiro atoms. The third kappa shape index (κ3) is 4.79. The van der Waals surface area contributed by atoms with E-state index in [0.29, 0.717) is 6.04 Å². The number of halogens is 1. The lowest BCUT2D eigenvalue weighted by atomic mass is 9.64. The number of benzene rings is 2. The van der Waals surface area contributed by atoms with Gasteiger partial charge in [0.2, 0.25) is 5.91 Å². The van der Waals surface area contributed by atoms with Crippen molar-refractivity contribution in [2.75, 3.05) is 0 Å². The fourth-order valence-electron chi connectivity index (χ4n) is 5.80. The summed E-state index contributed by atoms with van der Waals surface area (Å²) in [5, 5.41) is 0. The highest BCUT2D eigenvalue weighted by Gasteiger charge is 2.51. The number of carbonyl (C=O) groups is 1. The monoisotopic (exact) mass is 509 g/mol. The Labute approximate surface area is 208 Å². The second kappa shape index (κ2) is 11.1. The Balaban J connectivity index is 0.00000306. The number of unbranched alkanes of at least 4 members (excludes halogenated alkanes) is 2. The van der Waals surface area contributed by atoms with Crippen molar-refractivity contribution in [2.45, 2.75) is 70.4 Å². The van der Waals surface area contributed by atoms with Gasteiger partial charge in [-0.05, 0) is 49.1 Å². The molecular formula is C28H36BrN3O. The van der Waals surface area contributed by atoms with E-state index in [1.165, 1.54) is 25.1 Å². The van der Waals surface area contributed by atoms with Gasteiger partial charge >= 0.3 is 0 Å². The minimum absolute atomic E-state index is 0. The summed E-state index contributed by atoms with van der Waals surface area (Å²) in [4.78, 5) is 13.3. The second-order valence-electron chi connectivity index (χ2n) is 9.22. The van der Waals surface area contributed by atoms with Gasteiger partial charge in [0.25, 0.3) is 5.82 Å². The van der Waals surface area contributed by atoms with Crippen LogP contribution < -0.4 is 27.3 Å². The van der Waals surface area contributed by atoms with Crippen molar-refractivity contribution in [1.82, 2.24) is 4.57 Å². The van der Waals surface area contributed by atoms with Gasteiger partial charge in [-0.3, -0.25) is 4.79 Å². The molecule has 0 radical (unpaired) electrons. The van der Waals surface area contributed by atoms with Gasteiger partial charge in [0, 0.05) is 6.92 Å². The van der Waals surface area contributed by atoms with Gasteiger partial charge in [0.1, 0.15) is 23.9 Å². The molecule has 1 saturated carbocycles. The summed E-state index contributed by atoms with van der Waals surface area (Å²) < 4.78 is 4.80. The van der Waals surface area contributed by atoms with E-state index in [1.807, 2.05) is 36.4 Å². The molecule has 1 fully saturated rings. The molecule has 0 saturated heterocycles. The van der Waals surface area contributed by atoms with Crippen LogP contribution in [0.1, 0.15) is 68.4 Å². The molecule has 0 unspecified atom stereocenters. The highest BCUT2D eigenvalue weighted by atomic mass is 79.9. The standard InChI is InChI=1S/C28H35N3O.BrH/c1-3-4-11-18-30-19-20-31(22(30)2)26-17-16-25(21-26)28(27(29)32,23-12-7-5-8-13-23)24-14-9-6-10-15-24;/h5-10,12-15,19-20,25-26H,3-4,11,16-18,21H2,1-2H3,(H-,29,32);1H/t25-,26+;/m0./s1. The molecule has 2 aromatic carbocycles. The van der Waals surface area contributed by atoms with Crippen LogP contribution in [0.3, 0.4) is 0 Å². The molecule has 5 heteroatoms. The summed E-state index contributed by atoms with van der Waals surface area (Å²) in [6, 6.07) is 20.7. The average Bonchev–Trinajstić information content (AvgIpc) is 3.43. The summed E-state index contributed by atoms with van der Waals surface area (Å²) in [5.41, 5.74) is 7.45. The van der Waals surface area contributed by atoms with Crippen LogP contribution in [0.2, 0.25) is 0 Å². The van der Waals surface area contributed by atoms with E-state index in [0.717, 1.165) is 36.9 Å². The van der Waals surface area contributed by atoms with E-state index >= 15 is 0 Å². The van der Waals surface area contributed by atoms with E-state index in [1.54, 1.807) is 0 Å². The lowest BCUT2D eigenvalue weighted by Gasteiger charge is -2.37. The fourth-order valence-corrected chi connectivity index (χ4v) is 5.80. The van der Waals surface area contributed by atoms with E-state index in [4.69, 9.17) is 5.73 Å². The molecule has 1 aromatic heterocycles. The molecule has 0 aliphatic heterocycles. The lowest BCUT2D eigenvalue weighted by Crippen LogP contribution is -3.00. The highest BCUT2D eigenvalue weighted by molar-refractivity contribution is 5.91. The van der Waals surface area contributed by atoms with Crippen molar-refractivity contribution < 1.29 is 26.3 Å². The maximum Gasteiger partial charge on any atom is 0.253 e. The summed E-state index contributed by atoms with van der Waals surface area (Å²) in [7, 11) is 0. The van der Waals surface area contributed by atoms with Gasteiger partial charge in [-0.15, -0.1) is 0 Å². The number of carbonyl (C=O) groups excluding carboxylic acids is 1. The molecule has 0 bridgehead atoms. The van der Waals surface area contributed by atoms with Crippen molar-refractivity contribution in [3.63, 3.8) is 0 Å². The van der Waals surface area contributed by atoms with Gasteiger partial charge < -0.3 is 22.7 Å². The number of imidazole rings is 1. The lowest BCUT2D eigenvalue weighted by molar-refractivity contribution is -0.703. The van der Waals surface area contributed by atoms with Crippen LogP contribution >= 0.6 is 0 Å². The SMILES string of the molecule is CCCCC[n+]1ccn([C@@H]2CC[C@H](C(C(N)=O)(c3ccccc3)c3ccccc3)C2)c1C.[Br-]. The molecule has 1 aliphatic carbocycles. The first-order valence-corrected chi connectivity index (χ1v) is 12.1. The van der Waals surface area contributed by atoms with Crippen molar-refractivity contribution >= 4 is 5.91 Å². The first kappa shape index (κ1) is 25.2. The molecular weight excluding hydrogens is 474 g/mol. The maximum atomic E-state index is 13.3. The number of aromatic nitrogens is 2. The van der Waals surface area contributed by atoms with Gasteiger partial charge in [-0.2, -0.15) is 0 Å². The number of hydrogen-bond donors (Lipinski definition) is 1. The normalized spacial score (nSPS) is 18.1. The van der Waals surface area contributed by atoms with Gasteiger partial charge in [-0.1, -0.05) is 74.0 Å². The minimum Gasteiger partial charge on any atom is -1.00 e.